The Hall–Kier alpha value is -2.69. The molecular weight excluding hydrogens is 260 g/mol. The van der Waals surface area contributed by atoms with Gasteiger partial charge < -0.3 is 5.32 Å². The molecule has 0 unspecified atom stereocenters. The lowest BCUT2D eigenvalue weighted by Crippen LogP contribution is -2.30. The van der Waals surface area contributed by atoms with Gasteiger partial charge in [-0.3, -0.25) is 14.7 Å². The molecule has 0 spiro atoms. The zero-order valence-corrected chi connectivity index (χ0v) is 11.6. The van der Waals surface area contributed by atoms with Crippen LogP contribution >= 0.6 is 0 Å². The number of rotatable bonds is 1. The zero-order chi connectivity index (χ0) is 15.1. The normalized spacial score (nSPS) is 11.3. The Bertz CT molecular complexity index is 787. The number of anilines is 1. The van der Waals surface area contributed by atoms with Crippen LogP contribution in [0, 0.1) is 11.3 Å². The Kier molecular flexibility index (Phi) is 3.06. The van der Waals surface area contributed by atoms with E-state index in [1.165, 1.54) is 6.92 Å². The Labute approximate surface area is 114 Å². The number of aromatic nitrogens is 4. The third-order valence-electron chi connectivity index (χ3n) is 2.68. The number of amides is 1. The summed E-state index contributed by atoms with van der Waals surface area (Å²) >= 11 is 0. The number of aromatic amines is 1. The van der Waals surface area contributed by atoms with Gasteiger partial charge in [0.25, 0.3) is 5.56 Å². The molecule has 20 heavy (non-hydrogen) atoms. The van der Waals surface area contributed by atoms with E-state index < -0.39 is 11.0 Å². The first-order chi connectivity index (χ1) is 9.25. The molecule has 1 amide bonds. The number of carbonyl (C=O) groups excluding carboxylic acids is 1. The van der Waals surface area contributed by atoms with Crippen LogP contribution in [0.3, 0.4) is 0 Å². The first-order valence-electron chi connectivity index (χ1n) is 5.95. The highest BCUT2D eigenvalue weighted by Gasteiger charge is 2.24. The quantitative estimate of drug-likeness (QED) is 0.787. The van der Waals surface area contributed by atoms with Gasteiger partial charge in [0.05, 0.1) is 0 Å². The van der Waals surface area contributed by atoms with E-state index in [1.54, 1.807) is 0 Å². The van der Waals surface area contributed by atoms with Gasteiger partial charge in [-0.25, -0.2) is 0 Å². The molecule has 8 heteroatoms. The summed E-state index contributed by atoms with van der Waals surface area (Å²) in [6, 6.07) is 1.90. The van der Waals surface area contributed by atoms with Gasteiger partial charge in [0.2, 0.25) is 5.91 Å². The smallest absolute Gasteiger partial charge is 0.295 e. The van der Waals surface area contributed by atoms with Crippen molar-refractivity contribution in [3.8, 4) is 6.07 Å². The molecule has 0 saturated heterocycles. The molecule has 104 valence electrons. The van der Waals surface area contributed by atoms with E-state index in [-0.39, 0.29) is 28.6 Å². The van der Waals surface area contributed by atoms with E-state index in [1.807, 2.05) is 26.8 Å². The average molecular weight is 274 g/mol. The molecule has 0 saturated carbocycles. The van der Waals surface area contributed by atoms with Gasteiger partial charge in [-0.1, -0.05) is 20.8 Å². The third-order valence-corrected chi connectivity index (χ3v) is 2.68. The highest BCUT2D eigenvalue weighted by molar-refractivity contribution is 5.90. The summed E-state index contributed by atoms with van der Waals surface area (Å²) in [6.45, 7) is 6.83. The molecule has 0 atom stereocenters. The lowest BCUT2D eigenvalue weighted by Gasteiger charge is -2.14. The molecule has 2 N–H and O–H groups in total. The Morgan fingerprint density at radius 3 is 2.55 bits per heavy atom. The second kappa shape index (κ2) is 4.45. The van der Waals surface area contributed by atoms with Crippen molar-refractivity contribution in [2.24, 2.45) is 0 Å². The number of hydrogen-bond donors (Lipinski definition) is 2. The van der Waals surface area contributed by atoms with Crippen LogP contribution in [0.15, 0.2) is 4.79 Å². The van der Waals surface area contributed by atoms with Gasteiger partial charge >= 0.3 is 0 Å². The minimum absolute atomic E-state index is 0.0743. The Morgan fingerprint density at radius 2 is 2.05 bits per heavy atom. The average Bonchev–Trinajstić information content (AvgIpc) is 2.65. The van der Waals surface area contributed by atoms with Crippen LogP contribution in [0.5, 0.6) is 0 Å². The number of nitriles is 1. The van der Waals surface area contributed by atoms with Gasteiger partial charge in [-0.15, -0.1) is 10.2 Å². The molecule has 0 aliphatic rings. The van der Waals surface area contributed by atoms with Crippen molar-refractivity contribution in [3.63, 3.8) is 0 Å². The molecule has 2 aromatic heterocycles. The maximum atomic E-state index is 12.3. The standard InChI is InChI=1S/C12H14N6O2/c1-6(19)14-9-7(5-13)10-16-15-8(12(2,3)4)11(20)18(10)17-9/h17H,1-4H3,(H,14,19). The summed E-state index contributed by atoms with van der Waals surface area (Å²) in [7, 11) is 0. The van der Waals surface area contributed by atoms with E-state index in [2.05, 4.69) is 20.6 Å². The van der Waals surface area contributed by atoms with Crippen LogP contribution < -0.4 is 10.9 Å². The third kappa shape index (κ3) is 2.14. The second-order valence-electron chi connectivity index (χ2n) is 5.42. The van der Waals surface area contributed by atoms with E-state index in [0.29, 0.717) is 0 Å². The highest BCUT2D eigenvalue weighted by atomic mass is 16.1. The fourth-order valence-corrected chi connectivity index (χ4v) is 1.78. The fourth-order valence-electron chi connectivity index (χ4n) is 1.78. The summed E-state index contributed by atoms with van der Waals surface area (Å²) < 4.78 is 1.12. The second-order valence-corrected chi connectivity index (χ2v) is 5.42. The van der Waals surface area contributed by atoms with Crippen LogP contribution in [0.1, 0.15) is 39.0 Å². The van der Waals surface area contributed by atoms with Crippen LogP contribution in [0.2, 0.25) is 0 Å². The van der Waals surface area contributed by atoms with E-state index in [9.17, 15) is 9.59 Å². The Morgan fingerprint density at radius 1 is 1.40 bits per heavy atom. The van der Waals surface area contributed by atoms with Crippen molar-refractivity contribution in [2.75, 3.05) is 5.32 Å². The number of H-pyrrole nitrogens is 1. The first-order valence-corrected chi connectivity index (χ1v) is 5.95. The summed E-state index contributed by atoms with van der Waals surface area (Å²) in [5.74, 6) is -0.220. The van der Waals surface area contributed by atoms with Crippen molar-refractivity contribution in [3.05, 3.63) is 21.6 Å². The summed E-state index contributed by atoms with van der Waals surface area (Å²) in [6.07, 6.45) is 0. The van der Waals surface area contributed by atoms with Crippen molar-refractivity contribution in [1.82, 2.24) is 19.8 Å². The van der Waals surface area contributed by atoms with Gasteiger partial charge in [-0.2, -0.15) is 9.78 Å². The molecule has 0 radical (unpaired) electrons. The molecule has 0 aliphatic carbocycles. The minimum atomic E-state index is -0.475. The topological polar surface area (TPSA) is 116 Å². The maximum Gasteiger partial charge on any atom is 0.295 e. The summed E-state index contributed by atoms with van der Waals surface area (Å²) in [5.41, 5.74) is -0.428. The van der Waals surface area contributed by atoms with Crippen molar-refractivity contribution < 1.29 is 4.79 Å². The lowest BCUT2D eigenvalue weighted by molar-refractivity contribution is -0.114. The molecular formula is C12H14N6O2. The van der Waals surface area contributed by atoms with Gasteiger partial charge in [0.15, 0.2) is 5.65 Å². The van der Waals surface area contributed by atoms with E-state index >= 15 is 0 Å². The van der Waals surface area contributed by atoms with E-state index in [0.717, 1.165) is 4.52 Å². The zero-order valence-electron chi connectivity index (χ0n) is 11.6. The fraction of sp³-hybridized carbons (Fsp3) is 0.417. The van der Waals surface area contributed by atoms with Crippen LogP contribution in [0.4, 0.5) is 5.82 Å². The number of nitrogens with zero attached hydrogens (tertiary/aromatic N) is 4. The monoisotopic (exact) mass is 274 g/mol. The molecule has 0 fully saturated rings. The minimum Gasteiger partial charge on any atom is -0.310 e. The van der Waals surface area contributed by atoms with E-state index in [4.69, 9.17) is 5.26 Å². The summed E-state index contributed by atoms with van der Waals surface area (Å²) in [5, 5.41) is 22.1. The van der Waals surface area contributed by atoms with Gasteiger partial charge in [0, 0.05) is 12.3 Å². The SMILES string of the molecule is CC(=O)Nc1[nH]n2c(=O)c(C(C)(C)C)nnc2c1C#N. The number of fused-ring (bicyclic) bond motifs is 1. The molecule has 0 aliphatic heterocycles. The van der Waals surface area contributed by atoms with Gasteiger partial charge in [0.1, 0.15) is 23.1 Å². The van der Waals surface area contributed by atoms with Crippen molar-refractivity contribution in [1.29, 1.82) is 5.26 Å². The van der Waals surface area contributed by atoms with Gasteiger partial charge in [-0.05, 0) is 0 Å². The van der Waals surface area contributed by atoms with Crippen molar-refractivity contribution >= 4 is 17.4 Å². The van der Waals surface area contributed by atoms with Crippen LogP contribution in [-0.4, -0.2) is 25.7 Å². The number of carbonyl (C=O) groups is 1. The van der Waals surface area contributed by atoms with Crippen LogP contribution in [-0.2, 0) is 10.2 Å². The van der Waals surface area contributed by atoms with Crippen molar-refractivity contribution in [2.45, 2.75) is 33.1 Å². The molecule has 0 aromatic carbocycles. The number of hydrogen-bond acceptors (Lipinski definition) is 5. The Balaban J connectivity index is 2.79. The lowest BCUT2D eigenvalue weighted by atomic mass is 9.93. The highest BCUT2D eigenvalue weighted by Crippen LogP contribution is 2.19. The predicted octanol–water partition coefficient (Wildman–Crippen LogP) is 0.545. The predicted molar refractivity (Wildman–Crippen MR) is 71.3 cm³/mol. The molecule has 2 rings (SSSR count). The number of nitrogens with one attached hydrogen (secondary N) is 2. The molecule has 0 bridgehead atoms. The van der Waals surface area contributed by atoms with Crippen LogP contribution in [0.25, 0.3) is 5.65 Å². The molecule has 2 heterocycles. The molecule has 8 nitrogen and oxygen atoms in total. The summed E-state index contributed by atoms with van der Waals surface area (Å²) in [4.78, 5) is 23.5. The molecule has 2 aromatic rings. The maximum absolute atomic E-state index is 12.3. The largest absolute Gasteiger partial charge is 0.310 e. The first kappa shape index (κ1) is 13.7.